The van der Waals surface area contributed by atoms with E-state index in [9.17, 15) is 4.79 Å². The first kappa shape index (κ1) is 21.8. The van der Waals surface area contributed by atoms with Crippen molar-refractivity contribution >= 4 is 34.7 Å². The zero-order chi connectivity index (χ0) is 23.0. The fourth-order valence-corrected chi connectivity index (χ4v) is 3.36. The molecule has 0 saturated heterocycles. The Bertz CT molecular complexity index is 1320. The van der Waals surface area contributed by atoms with Gasteiger partial charge in [-0.15, -0.1) is 0 Å². The van der Waals surface area contributed by atoms with Crippen molar-refractivity contribution < 1.29 is 19.0 Å². The van der Waals surface area contributed by atoms with Crippen LogP contribution in [-0.2, 0) is 4.79 Å². The van der Waals surface area contributed by atoms with E-state index in [0.29, 0.717) is 17.2 Å². The van der Waals surface area contributed by atoms with Crippen LogP contribution >= 0.6 is 0 Å². The zero-order valence-electron chi connectivity index (χ0n) is 18.4. The second-order valence-electron chi connectivity index (χ2n) is 7.19. The molecule has 4 aromatic rings. The van der Waals surface area contributed by atoms with Gasteiger partial charge in [-0.3, -0.25) is 4.99 Å². The van der Waals surface area contributed by atoms with Crippen LogP contribution < -0.4 is 14.2 Å². The number of carbonyl (C=O) groups is 1. The normalized spacial score (nSPS) is 11.2. The topological polar surface area (TPSA) is 57.1 Å². The maximum atomic E-state index is 12.2. The standard InChI is InChI=1S/C28H23NO4/c1-31-26-16-12-20(18-27(26)32-2)13-17-28(30)33-23-14-10-21(11-15-23)19-29-25-9-5-7-22-6-3-4-8-24(22)25/h3-19H,1-2H3/b17-13+,29-19?. The molecule has 0 radical (unpaired) electrons. The maximum Gasteiger partial charge on any atom is 0.336 e. The highest BCUT2D eigenvalue weighted by atomic mass is 16.5. The summed E-state index contributed by atoms with van der Waals surface area (Å²) in [5, 5.41) is 2.25. The third kappa shape index (κ3) is 5.46. The van der Waals surface area contributed by atoms with Crippen LogP contribution in [0.1, 0.15) is 11.1 Å². The van der Waals surface area contributed by atoms with Gasteiger partial charge in [-0.2, -0.15) is 0 Å². The quantitative estimate of drug-likeness (QED) is 0.149. The van der Waals surface area contributed by atoms with Crippen LogP contribution in [0.4, 0.5) is 5.69 Å². The van der Waals surface area contributed by atoms with Crippen LogP contribution in [0.3, 0.4) is 0 Å². The number of nitrogens with zero attached hydrogens (tertiary/aromatic N) is 1. The van der Waals surface area contributed by atoms with Crippen molar-refractivity contribution in [1.29, 1.82) is 0 Å². The Morgan fingerprint density at radius 2 is 1.52 bits per heavy atom. The van der Waals surface area contributed by atoms with E-state index in [1.54, 1.807) is 50.8 Å². The molecule has 4 rings (SSSR count). The molecule has 164 valence electrons. The third-order valence-electron chi connectivity index (χ3n) is 5.04. The Balaban J connectivity index is 1.39. The smallest absolute Gasteiger partial charge is 0.336 e. The molecule has 0 N–H and O–H groups in total. The summed E-state index contributed by atoms with van der Waals surface area (Å²) >= 11 is 0. The Hall–Kier alpha value is -4.38. The van der Waals surface area contributed by atoms with Crippen molar-refractivity contribution in [2.24, 2.45) is 4.99 Å². The molecule has 0 atom stereocenters. The van der Waals surface area contributed by atoms with Crippen molar-refractivity contribution in [2.45, 2.75) is 0 Å². The number of esters is 1. The number of benzene rings is 4. The number of hydrogen-bond acceptors (Lipinski definition) is 5. The lowest BCUT2D eigenvalue weighted by molar-refractivity contribution is -0.128. The number of rotatable bonds is 7. The molecule has 5 heteroatoms. The molecule has 0 unspecified atom stereocenters. The van der Waals surface area contributed by atoms with E-state index in [0.717, 1.165) is 27.6 Å². The van der Waals surface area contributed by atoms with Crippen LogP contribution in [0.25, 0.3) is 16.8 Å². The number of hydrogen-bond donors (Lipinski definition) is 0. The third-order valence-corrected chi connectivity index (χ3v) is 5.04. The highest BCUT2D eigenvalue weighted by Crippen LogP contribution is 2.28. The van der Waals surface area contributed by atoms with Crippen LogP contribution in [-0.4, -0.2) is 26.4 Å². The van der Waals surface area contributed by atoms with Gasteiger partial charge in [-0.1, -0.05) is 42.5 Å². The summed E-state index contributed by atoms with van der Waals surface area (Å²) in [4.78, 5) is 16.8. The SMILES string of the molecule is COc1ccc(/C=C/C(=O)Oc2ccc(C=Nc3cccc4ccccc34)cc2)cc1OC. The monoisotopic (exact) mass is 437 g/mol. The van der Waals surface area contributed by atoms with Crippen molar-refractivity contribution in [2.75, 3.05) is 14.2 Å². The molecule has 0 bridgehead atoms. The summed E-state index contributed by atoms with van der Waals surface area (Å²) in [5.74, 6) is 1.20. The molecule has 0 heterocycles. The van der Waals surface area contributed by atoms with Crippen molar-refractivity contribution in [3.63, 3.8) is 0 Å². The average molecular weight is 437 g/mol. The van der Waals surface area contributed by atoms with E-state index in [1.807, 2.05) is 42.5 Å². The molecule has 0 spiro atoms. The number of methoxy groups -OCH3 is 2. The number of aliphatic imine (C=N–C) groups is 1. The second-order valence-corrected chi connectivity index (χ2v) is 7.19. The molecule has 0 amide bonds. The molecular weight excluding hydrogens is 414 g/mol. The van der Waals surface area contributed by atoms with Crippen molar-refractivity contribution in [3.05, 3.63) is 102 Å². The van der Waals surface area contributed by atoms with Gasteiger partial charge in [-0.25, -0.2) is 4.79 Å². The molecule has 0 fully saturated rings. The molecular formula is C28H23NO4. The number of ether oxygens (including phenoxy) is 3. The lowest BCUT2D eigenvalue weighted by Gasteiger charge is -2.07. The van der Waals surface area contributed by atoms with Gasteiger partial charge in [0.25, 0.3) is 0 Å². The predicted octanol–water partition coefficient (Wildman–Crippen LogP) is 6.23. The van der Waals surface area contributed by atoms with E-state index in [2.05, 4.69) is 23.2 Å². The van der Waals surface area contributed by atoms with Crippen molar-refractivity contribution in [1.82, 2.24) is 0 Å². The molecule has 0 saturated carbocycles. The van der Waals surface area contributed by atoms with Crippen LogP contribution in [0.5, 0.6) is 17.2 Å². The Morgan fingerprint density at radius 3 is 2.30 bits per heavy atom. The Kier molecular flexibility index (Phi) is 6.81. The van der Waals surface area contributed by atoms with E-state index in [4.69, 9.17) is 14.2 Å². The minimum absolute atomic E-state index is 0.458. The van der Waals surface area contributed by atoms with Crippen LogP contribution in [0.15, 0.2) is 96.0 Å². The lowest BCUT2D eigenvalue weighted by Crippen LogP contribution is -2.03. The molecule has 0 aliphatic carbocycles. The van der Waals surface area contributed by atoms with E-state index in [-0.39, 0.29) is 0 Å². The molecule has 5 nitrogen and oxygen atoms in total. The summed E-state index contributed by atoms with van der Waals surface area (Å²) in [7, 11) is 3.14. The maximum absolute atomic E-state index is 12.2. The summed E-state index contributed by atoms with van der Waals surface area (Å²) in [6.07, 6.45) is 4.83. The van der Waals surface area contributed by atoms with Gasteiger partial charge in [0.05, 0.1) is 19.9 Å². The fourth-order valence-electron chi connectivity index (χ4n) is 3.36. The van der Waals surface area contributed by atoms with Gasteiger partial charge in [0.15, 0.2) is 11.5 Å². The zero-order valence-corrected chi connectivity index (χ0v) is 18.4. The van der Waals surface area contributed by atoms with Gasteiger partial charge in [-0.05, 0) is 65.1 Å². The minimum atomic E-state index is -0.470. The van der Waals surface area contributed by atoms with Crippen molar-refractivity contribution in [3.8, 4) is 17.2 Å². The first-order valence-electron chi connectivity index (χ1n) is 10.4. The highest BCUT2D eigenvalue weighted by molar-refractivity contribution is 5.95. The van der Waals surface area contributed by atoms with Gasteiger partial charge in [0.2, 0.25) is 0 Å². The van der Waals surface area contributed by atoms with E-state index >= 15 is 0 Å². The summed E-state index contributed by atoms with van der Waals surface area (Å²) in [5.41, 5.74) is 2.61. The lowest BCUT2D eigenvalue weighted by atomic mass is 10.1. The number of carbonyl (C=O) groups excluding carboxylic acids is 1. The van der Waals surface area contributed by atoms with Gasteiger partial charge in [0.1, 0.15) is 5.75 Å². The first-order valence-corrected chi connectivity index (χ1v) is 10.4. The van der Waals surface area contributed by atoms with E-state index < -0.39 is 5.97 Å². The molecule has 0 aliphatic heterocycles. The fraction of sp³-hybridized carbons (Fsp3) is 0.0714. The minimum Gasteiger partial charge on any atom is -0.493 e. The van der Waals surface area contributed by atoms with Gasteiger partial charge in [0, 0.05) is 17.7 Å². The predicted molar refractivity (Wildman–Crippen MR) is 132 cm³/mol. The first-order chi connectivity index (χ1) is 16.2. The van der Waals surface area contributed by atoms with E-state index in [1.165, 1.54) is 6.08 Å². The van der Waals surface area contributed by atoms with Crippen LogP contribution in [0.2, 0.25) is 0 Å². The van der Waals surface area contributed by atoms with Gasteiger partial charge < -0.3 is 14.2 Å². The number of fused-ring (bicyclic) bond motifs is 1. The molecule has 33 heavy (non-hydrogen) atoms. The Labute approximate surface area is 192 Å². The molecule has 4 aromatic carbocycles. The highest BCUT2D eigenvalue weighted by Gasteiger charge is 2.05. The molecule has 0 aliphatic rings. The van der Waals surface area contributed by atoms with Gasteiger partial charge >= 0.3 is 5.97 Å². The summed E-state index contributed by atoms with van der Waals surface area (Å²) in [6, 6.07) is 26.8. The average Bonchev–Trinajstić information content (AvgIpc) is 2.86. The second kappa shape index (κ2) is 10.3. The van der Waals surface area contributed by atoms with Crippen LogP contribution in [0, 0.1) is 0 Å². The Morgan fingerprint density at radius 1 is 0.788 bits per heavy atom. The summed E-state index contributed by atoms with van der Waals surface area (Å²) in [6.45, 7) is 0. The largest absolute Gasteiger partial charge is 0.493 e. The summed E-state index contributed by atoms with van der Waals surface area (Å²) < 4.78 is 15.9. The molecule has 0 aromatic heterocycles.